The molecule has 1 aliphatic heterocycles. The Labute approximate surface area is 202 Å². The number of hydrogen-bond acceptors (Lipinski definition) is 7. The molecule has 9 nitrogen and oxygen atoms in total. The minimum Gasteiger partial charge on any atom is -0.497 e. The van der Waals surface area contributed by atoms with Crippen molar-refractivity contribution < 1.29 is 14.3 Å². The molecule has 1 atom stereocenters. The molecular weight excluding hydrogens is 444 g/mol. The van der Waals surface area contributed by atoms with Crippen LogP contribution in [0, 0.1) is 6.92 Å². The molecule has 1 aliphatic rings. The van der Waals surface area contributed by atoms with Gasteiger partial charge < -0.3 is 14.8 Å². The fraction of sp³-hybridized carbons (Fsp3) is 0.192. The van der Waals surface area contributed by atoms with Crippen molar-refractivity contribution in [2.24, 2.45) is 0 Å². The standard InChI is InChI=1S/C26H24N6O3/c1-4-13-35-20-11-5-17(6-12-20)21-14-23(33)29-25-24(21)16(2)31-32(25)26-28-22(15-27-30-26)18-7-9-19(34-3)10-8-18/h4-12,15,21H,1,13-14H2,2-3H3,(H,29,33). The van der Waals surface area contributed by atoms with E-state index in [4.69, 9.17) is 9.47 Å². The maximum atomic E-state index is 12.7. The fourth-order valence-electron chi connectivity index (χ4n) is 4.21. The van der Waals surface area contributed by atoms with Gasteiger partial charge in [-0.2, -0.15) is 14.9 Å². The number of rotatable bonds is 7. The van der Waals surface area contributed by atoms with Crippen molar-refractivity contribution in [1.82, 2.24) is 25.0 Å². The second kappa shape index (κ2) is 9.38. The van der Waals surface area contributed by atoms with Gasteiger partial charge in [0, 0.05) is 23.5 Å². The van der Waals surface area contributed by atoms with Crippen LogP contribution in [0.3, 0.4) is 0 Å². The van der Waals surface area contributed by atoms with Crippen LogP contribution in [-0.2, 0) is 4.79 Å². The zero-order valence-electron chi connectivity index (χ0n) is 19.4. The number of anilines is 1. The summed E-state index contributed by atoms with van der Waals surface area (Å²) in [6.07, 6.45) is 3.60. The molecule has 0 aliphatic carbocycles. The van der Waals surface area contributed by atoms with Gasteiger partial charge in [0.25, 0.3) is 5.95 Å². The van der Waals surface area contributed by atoms with Crippen LogP contribution in [0.25, 0.3) is 17.2 Å². The molecule has 5 rings (SSSR count). The molecule has 35 heavy (non-hydrogen) atoms. The smallest absolute Gasteiger partial charge is 0.272 e. The fourth-order valence-corrected chi connectivity index (χ4v) is 4.21. The van der Waals surface area contributed by atoms with E-state index < -0.39 is 0 Å². The molecule has 0 fully saturated rings. The second-order valence-electron chi connectivity index (χ2n) is 8.10. The average molecular weight is 469 g/mol. The first-order valence-electron chi connectivity index (χ1n) is 11.1. The molecule has 0 bridgehead atoms. The van der Waals surface area contributed by atoms with Crippen molar-refractivity contribution in [3.63, 3.8) is 0 Å². The van der Waals surface area contributed by atoms with Crippen LogP contribution in [0.2, 0.25) is 0 Å². The molecule has 9 heteroatoms. The van der Waals surface area contributed by atoms with Crippen LogP contribution >= 0.6 is 0 Å². The lowest BCUT2D eigenvalue weighted by molar-refractivity contribution is -0.116. The highest BCUT2D eigenvalue weighted by atomic mass is 16.5. The van der Waals surface area contributed by atoms with E-state index in [1.54, 1.807) is 24.1 Å². The summed E-state index contributed by atoms with van der Waals surface area (Å²) in [4.78, 5) is 17.4. The first-order valence-corrected chi connectivity index (χ1v) is 11.1. The first-order chi connectivity index (χ1) is 17.1. The predicted octanol–water partition coefficient (Wildman–Crippen LogP) is 4.08. The molecular formula is C26H24N6O3. The number of nitrogens with one attached hydrogen (secondary N) is 1. The number of methoxy groups -OCH3 is 1. The number of carbonyl (C=O) groups is 1. The predicted molar refractivity (Wildman–Crippen MR) is 131 cm³/mol. The molecule has 0 radical (unpaired) electrons. The monoisotopic (exact) mass is 468 g/mol. The van der Waals surface area contributed by atoms with Crippen LogP contribution in [0.4, 0.5) is 5.82 Å². The quantitative estimate of drug-likeness (QED) is 0.408. The summed E-state index contributed by atoms with van der Waals surface area (Å²) in [5, 5.41) is 16.0. The number of hydrogen-bond donors (Lipinski definition) is 1. The van der Waals surface area contributed by atoms with E-state index in [-0.39, 0.29) is 17.8 Å². The molecule has 0 spiro atoms. The summed E-state index contributed by atoms with van der Waals surface area (Å²) in [6.45, 7) is 6.02. The molecule has 1 amide bonds. The number of amides is 1. The zero-order chi connectivity index (χ0) is 24.4. The average Bonchev–Trinajstić information content (AvgIpc) is 3.23. The van der Waals surface area contributed by atoms with Gasteiger partial charge in [-0.1, -0.05) is 24.8 Å². The molecule has 1 N–H and O–H groups in total. The first kappa shape index (κ1) is 22.3. The van der Waals surface area contributed by atoms with E-state index in [9.17, 15) is 4.79 Å². The summed E-state index contributed by atoms with van der Waals surface area (Å²) >= 11 is 0. The number of nitrogens with zero attached hydrogens (tertiary/aromatic N) is 5. The third-order valence-electron chi connectivity index (χ3n) is 5.88. The van der Waals surface area contributed by atoms with Crippen LogP contribution < -0.4 is 14.8 Å². The Morgan fingerprint density at radius 3 is 2.60 bits per heavy atom. The minimum atomic E-state index is -0.154. The van der Waals surface area contributed by atoms with Gasteiger partial charge in [-0.25, -0.2) is 4.98 Å². The van der Waals surface area contributed by atoms with Gasteiger partial charge in [0.05, 0.1) is 24.7 Å². The third kappa shape index (κ3) is 4.35. The Morgan fingerprint density at radius 2 is 1.89 bits per heavy atom. The molecule has 3 heterocycles. The van der Waals surface area contributed by atoms with E-state index >= 15 is 0 Å². The van der Waals surface area contributed by atoms with Gasteiger partial charge in [0.1, 0.15) is 23.9 Å². The Bertz CT molecular complexity index is 1380. The van der Waals surface area contributed by atoms with Crippen LogP contribution in [0.5, 0.6) is 11.5 Å². The zero-order valence-corrected chi connectivity index (χ0v) is 19.4. The lowest BCUT2D eigenvalue weighted by atomic mass is 9.86. The number of benzene rings is 2. The van der Waals surface area contributed by atoms with E-state index in [1.165, 1.54) is 0 Å². The summed E-state index contributed by atoms with van der Waals surface area (Å²) in [7, 11) is 1.62. The van der Waals surface area contributed by atoms with Crippen molar-refractivity contribution in [3.8, 4) is 28.7 Å². The summed E-state index contributed by atoms with van der Waals surface area (Å²) in [6, 6.07) is 15.3. The maximum Gasteiger partial charge on any atom is 0.272 e. The largest absolute Gasteiger partial charge is 0.497 e. The van der Waals surface area contributed by atoms with Gasteiger partial charge in [0.15, 0.2) is 0 Å². The highest BCUT2D eigenvalue weighted by Crippen LogP contribution is 2.40. The van der Waals surface area contributed by atoms with Gasteiger partial charge >= 0.3 is 0 Å². The Balaban J connectivity index is 1.52. The molecule has 4 aromatic rings. The van der Waals surface area contributed by atoms with Gasteiger partial charge in [-0.15, -0.1) is 5.10 Å². The summed E-state index contributed by atoms with van der Waals surface area (Å²) < 4.78 is 12.4. The van der Waals surface area contributed by atoms with E-state index in [2.05, 4.69) is 32.2 Å². The molecule has 1 unspecified atom stereocenters. The highest BCUT2D eigenvalue weighted by Gasteiger charge is 2.33. The van der Waals surface area contributed by atoms with Crippen molar-refractivity contribution in [2.45, 2.75) is 19.3 Å². The maximum absolute atomic E-state index is 12.7. The molecule has 2 aromatic heterocycles. The van der Waals surface area contributed by atoms with Crippen LogP contribution in [-0.4, -0.2) is 44.6 Å². The number of aryl methyl sites for hydroxylation is 1. The molecule has 176 valence electrons. The van der Waals surface area contributed by atoms with Gasteiger partial charge in [-0.05, 0) is 48.9 Å². The number of carbonyl (C=O) groups excluding carboxylic acids is 1. The summed E-state index contributed by atoms with van der Waals surface area (Å²) in [5.74, 6) is 2.08. The minimum absolute atomic E-state index is 0.102. The van der Waals surface area contributed by atoms with Crippen LogP contribution in [0.15, 0.2) is 67.4 Å². The SMILES string of the molecule is C=CCOc1ccc(C2CC(=O)Nc3c2c(C)nn3-c2nncc(-c3ccc(OC)cc3)n2)cc1. The third-order valence-corrected chi connectivity index (χ3v) is 5.88. The Hall–Kier alpha value is -4.53. The number of ether oxygens (including phenoxy) is 2. The molecule has 0 saturated heterocycles. The second-order valence-corrected chi connectivity index (χ2v) is 8.10. The topological polar surface area (TPSA) is 104 Å². The van der Waals surface area contributed by atoms with Gasteiger partial charge in [-0.3, -0.25) is 4.79 Å². The lowest BCUT2D eigenvalue weighted by Gasteiger charge is -2.24. The number of fused-ring (bicyclic) bond motifs is 1. The van der Waals surface area contributed by atoms with Crippen molar-refractivity contribution in [2.75, 3.05) is 19.0 Å². The molecule has 0 saturated carbocycles. The van der Waals surface area contributed by atoms with Crippen LogP contribution in [0.1, 0.15) is 29.2 Å². The van der Waals surface area contributed by atoms with E-state index in [0.717, 1.165) is 33.9 Å². The van der Waals surface area contributed by atoms with Gasteiger partial charge in [0.2, 0.25) is 5.91 Å². The van der Waals surface area contributed by atoms with Crippen molar-refractivity contribution in [3.05, 3.63) is 84.2 Å². The lowest BCUT2D eigenvalue weighted by Crippen LogP contribution is -2.25. The van der Waals surface area contributed by atoms with E-state index in [0.29, 0.717) is 24.5 Å². The Kier molecular flexibility index (Phi) is 5.97. The van der Waals surface area contributed by atoms with Crippen molar-refractivity contribution >= 4 is 11.7 Å². The normalized spacial score (nSPS) is 14.7. The van der Waals surface area contributed by atoms with Crippen molar-refractivity contribution in [1.29, 1.82) is 0 Å². The summed E-state index contributed by atoms with van der Waals surface area (Å²) in [5.41, 5.74) is 4.22. The molecule has 2 aromatic carbocycles. The Morgan fingerprint density at radius 1 is 1.14 bits per heavy atom. The number of aromatic nitrogens is 5. The van der Waals surface area contributed by atoms with E-state index in [1.807, 2.05) is 55.5 Å². The highest BCUT2D eigenvalue weighted by molar-refractivity contribution is 5.95.